The molecule has 0 saturated carbocycles. The van der Waals surface area contributed by atoms with Crippen LogP contribution in [0.5, 0.6) is 0 Å². The number of thiazole rings is 1. The van der Waals surface area contributed by atoms with Gasteiger partial charge in [-0.2, -0.15) is 5.26 Å². The molecule has 1 aromatic heterocycles. The summed E-state index contributed by atoms with van der Waals surface area (Å²) < 4.78 is 4.51. The van der Waals surface area contributed by atoms with Crippen LogP contribution in [0.4, 0.5) is 9.93 Å². The SMILES string of the molecule is COC(=O)Nc1nc2c(s1)CN(CC#N)CC2. The van der Waals surface area contributed by atoms with Gasteiger partial charge in [0.05, 0.1) is 25.4 Å². The molecule has 1 aromatic rings. The maximum atomic E-state index is 11.0. The quantitative estimate of drug-likeness (QED) is 0.800. The highest BCUT2D eigenvalue weighted by Gasteiger charge is 2.20. The normalized spacial score (nSPS) is 14.8. The van der Waals surface area contributed by atoms with Crippen LogP contribution in [-0.2, 0) is 17.7 Å². The lowest BCUT2D eigenvalue weighted by atomic mass is 10.2. The number of nitrogens with one attached hydrogen (secondary N) is 1. The van der Waals surface area contributed by atoms with Crippen molar-refractivity contribution in [3.8, 4) is 6.07 Å². The molecule has 17 heavy (non-hydrogen) atoms. The predicted molar refractivity (Wildman–Crippen MR) is 62.7 cm³/mol. The first kappa shape index (κ1) is 11.8. The van der Waals surface area contributed by atoms with Crippen molar-refractivity contribution in [1.29, 1.82) is 5.26 Å². The van der Waals surface area contributed by atoms with Crippen molar-refractivity contribution in [3.63, 3.8) is 0 Å². The zero-order valence-corrected chi connectivity index (χ0v) is 10.2. The van der Waals surface area contributed by atoms with Crippen molar-refractivity contribution in [3.05, 3.63) is 10.6 Å². The second kappa shape index (κ2) is 5.12. The van der Waals surface area contributed by atoms with Crippen molar-refractivity contribution in [1.82, 2.24) is 9.88 Å². The molecular formula is C10H12N4O2S. The maximum Gasteiger partial charge on any atom is 0.413 e. The summed E-state index contributed by atoms with van der Waals surface area (Å²) in [6, 6.07) is 2.14. The van der Waals surface area contributed by atoms with E-state index in [4.69, 9.17) is 5.26 Å². The summed E-state index contributed by atoms with van der Waals surface area (Å²) in [5.41, 5.74) is 1.01. The number of nitrogens with zero attached hydrogens (tertiary/aromatic N) is 3. The van der Waals surface area contributed by atoms with Gasteiger partial charge >= 0.3 is 6.09 Å². The van der Waals surface area contributed by atoms with Crippen LogP contribution in [0.15, 0.2) is 0 Å². The molecule has 0 aromatic carbocycles. The number of hydrogen-bond donors (Lipinski definition) is 1. The zero-order valence-electron chi connectivity index (χ0n) is 9.39. The summed E-state index contributed by atoms with van der Waals surface area (Å²) >= 11 is 1.43. The van der Waals surface area contributed by atoms with Crippen molar-refractivity contribution >= 4 is 22.6 Å². The van der Waals surface area contributed by atoms with Gasteiger partial charge in [-0.15, -0.1) is 0 Å². The van der Waals surface area contributed by atoms with Gasteiger partial charge in [-0.25, -0.2) is 9.78 Å². The van der Waals surface area contributed by atoms with E-state index >= 15 is 0 Å². The third-order valence-corrected chi connectivity index (χ3v) is 3.50. The molecule has 0 bridgehead atoms. The van der Waals surface area contributed by atoms with Crippen molar-refractivity contribution in [2.24, 2.45) is 0 Å². The minimum Gasteiger partial charge on any atom is -0.453 e. The van der Waals surface area contributed by atoms with E-state index in [-0.39, 0.29) is 0 Å². The molecule has 2 heterocycles. The molecule has 2 rings (SSSR count). The Hall–Kier alpha value is -1.65. The van der Waals surface area contributed by atoms with Crippen LogP contribution in [0.2, 0.25) is 0 Å². The Balaban J connectivity index is 2.07. The van der Waals surface area contributed by atoms with Crippen molar-refractivity contribution < 1.29 is 9.53 Å². The summed E-state index contributed by atoms with van der Waals surface area (Å²) in [7, 11) is 1.32. The third-order valence-electron chi connectivity index (χ3n) is 2.50. The number of fused-ring (bicyclic) bond motifs is 1. The van der Waals surface area contributed by atoms with Crippen LogP contribution in [0.3, 0.4) is 0 Å². The molecule has 0 fully saturated rings. The van der Waals surface area contributed by atoms with Crippen LogP contribution in [0, 0.1) is 11.3 Å². The maximum absolute atomic E-state index is 11.0. The molecule has 1 N–H and O–H groups in total. The highest BCUT2D eigenvalue weighted by Crippen LogP contribution is 2.28. The summed E-state index contributed by atoms with van der Waals surface area (Å²) in [6.07, 6.45) is 0.307. The van der Waals surface area contributed by atoms with Gasteiger partial charge in [0.1, 0.15) is 0 Å². The molecule has 0 unspecified atom stereocenters. The Morgan fingerprint density at radius 2 is 2.59 bits per heavy atom. The number of carbonyl (C=O) groups excluding carboxylic acids is 1. The smallest absolute Gasteiger partial charge is 0.413 e. The van der Waals surface area contributed by atoms with Crippen molar-refractivity contribution in [2.45, 2.75) is 13.0 Å². The molecule has 7 heteroatoms. The summed E-state index contributed by atoms with van der Waals surface area (Å²) in [5.74, 6) is 0. The zero-order chi connectivity index (χ0) is 12.3. The molecule has 6 nitrogen and oxygen atoms in total. The summed E-state index contributed by atoms with van der Waals surface area (Å²) in [5, 5.41) is 11.8. The van der Waals surface area contributed by atoms with E-state index in [0.29, 0.717) is 11.7 Å². The highest BCUT2D eigenvalue weighted by molar-refractivity contribution is 7.15. The lowest BCUT2D eigenvalue weighted by molar-refractivity contribution is 0.187. The van der Waals surface area contributed by atoms with E-state index in [9.17, 15) is 4.79 Å². The fourth-order valence-corrected chi connectivity index (χ4v) is 2.71. The number of ether oxygens (including phenoxy) is 1. The molecule has 0 radical (unpaired) electrons. The minimum atomic E-state index is -0.509. The lowest BCUT2D eigenvalue weighted by Gasteiger charge is -2.22. The van der Waals surface area contributed by atoms with Crippen LogP contribution in [0.1, 0.15) is 10.6 Å². The molecular weight excluding hydrogens is 240 g/mol. The lowest BCUT2D eigenvalue weighted by Crippen LogP contribution is -2.30. The topological polar surface area (TPSA) is 78.2 Å². The van der Waals surface area contributed by atoms with Gasteiger partial charge in [-0.3, -0.25) is 10.2 Å². The van der Waals surface area contributed by atoms with Crippen LogP contribution in [-0.4, -0.2) is 36.2 Å². The van der Waals surface area contributed by atoms with E-state index in [2.05, 4.69) is 26.0 Å². The van der Waals surface area contributed by atoms with E-state index in [1.54, 1.807) is 0 Å². The number of nitriles is 1. The highest BCUT2D eigenvalue weighted by atomic mass is 32.1. The van der Waals surface area contributed by atoms with Gasteiger partial charge in [0.15, 0.2) is 5.13 Å². The first-order valence-electron chi connectivity index (χ1n) is 5.15. The van der Waals surface area contributed by atoms with Gasteiger partial charge in [0, 0.05) is 24.4 Å². The number of carbonyl (C=O) groups is 1. The standard InChI is InChI=1S/C10H12N4O2S/c1-16-10(15)13-9-12-7-2-4-14(5-3-11)6-8(7)17-9/h2,4-6H2,1H3,(H,12,13,15). The van der Waals surface area contributed by atoms with E-state index in [0.717, 1.165) is 30.1 Å². The Kier molecular flexibility index (Phi) is 3.56. The van der Waals surface area contributed by atoms with E-state index in [1.165, 1.54) is 18.4 Å². The molecule has 1 aliphatic heterocycles. The summed E-state index contributed by atoms with van der Waals surface area (Å²) in [4.78, 5) is 18.5. The minimum absolute atomic E-state index is 0.428. The molecule has 0 aliphatic carbocycles. The third kappa shape index (κ3) is 2.72. The van der Waals surface area contributed by atoms with Gasteiger partial charge in [-0.1, -0.05) is 11.3 Å². The first-order valence-corrected chi connectivity index (χ1v) is 5.97. The first-order chi connectivity index (χ1) is 8.22. The molecule has 0 atom stereocenters. The van der Waals surface area contributed by atoms with E-state index < -0.39 is 6.09 Å². The fourth-order valence-electron chi connectivity index (χ4n) is 1.68. The van der Waals surface area contributed by atoms with Gasteiger partial charge < -0.3 is 4.74 Å². The van der Waals surface area contributed by atoms with Crippen molar-refractivity contribution in [2.75, 3.05) is 25.5 Å². The number of anilines is 1. The molecule has 0 saturated heterocycles. The monoisotopic (exact) mass is 252 g/mol. The molecule has 1 aliphatic rings. The second-order valence-corrected chi connectivity index (χ2v) is 4.71. The van der Waals surface area contributed by atoms with Gasteiger partial charge in [0.25, 0.3) is 0 Å². The number of hydrogen-bond acceptors (Lipinski definition) is 6. The van der Waals surface area contributed by atoms with Crippen LogP contribution >= 0.6 is 11.3 Å². The Morgan fingerprint density at radius 1 is 1.76 bits per heavy atom. The Morgan fingerprint density at radius 3 is 3.29 bits per heavy atom. The number of amides is 1. The molecule has 1 amide bonds. The number of methoxy groups -OCH3 is 1. The molecule has 0 spiro atoms. The largest absolute Gasteiger partial charge is 0.453 e. The number of aromatic nitrogens is 1. The van der Waals surface area contributed by atoms with Gasteiger partial charge in [-0.05, 0) is 0 Å². The Labute approximate surface area is 103 Å². The Bertz CT molecular complexity index is 465. The fraction of sp³-hybridized carbons (Fsp3) is 0.500. The molecule has 90 valence electrons. The van der Waals surface area contributed by atoms with E-state index in [1.807, 2.05) is 0 Å². The predicted octanol–water partition coefficient (Wildman–Crippen LogP) is 1.20. The average molecular weight is 252 g/mol. The van der Waals surface area contributed by atoms with Crippen LogP contribution < -0.4 is 5.32 Å². The second-order valence-electron chi connectivity index (χ2n) is 3.62. The van der Waals surface area contributed by atoms with Crippen LogP contribution in [0.25, 0.3) is 0 Å². The average Bonchev–Trinajstić information content (AvgIpc) is 2.70. The number of rotatable bonds is 2. The van der Waals surface area contributed by atoms with Gasteiger partial charge in [0.2, 0.25) is 0 Å². The summed E-state index contributed by atoms with van der Waals surface area (Å²) in [6.45, 7) is 1.99.